The summed E-state index contributed by atoms with van der Waals surface area (Å²) >= 11 is 0. The van der Waals surface area contributed by atoms with Crippen LogP contribution in [0.15, 0.2) is 36.7 Å². The van der Waals surface area contributed by atoms with Gasteiger partial charge in [-0.15, -0.1) is 0 Å². The van der Waals surface area contributed by atoms with Crippen LogP contribution in [0.4, 0.5) is 17.3 Å². The molecule has 5 heteroatoms. The summed E-state index contributed by atoms with van der Waals surface area (Å²) in [5.41, 5.74) is 1.65. The average molecular weight is 258 g/mol. The van der Waals surface area contributed by atoms with E-state index < -0.39 is 0 Å². The van der Waals surface area contributed by atoms with Crippen LogP contribution in [0, 0.1) is 0 Å². The van der Waals surface area contributed by atoms with Gasteiger partial charge >= 0.3 is 0 Å². The highest BCUT2D eigenvalue weighted by Crippen LogP contribution is 2.21. The van der Waals surface area contributed by atoms with Gasteiger partial charge in [-0.05, 0) is 32.0 Å². The molecule has 0 radical (unpaired) electrons. The Morgan fingerprint density at radius 1 is 1.32 bits per heavy atom. The lowest BCUT2D eigenvalue weighted by Crippen LogP contribution is -2.07. The number of imidazole rings is 1. The number of hydrogen-bond acceptors (Lipinski definition) is 3. The van der Waals surface area contributed by atoms with Crippen molar-refractivity contribution in [3.05, 3.63) is 36.7 Å². The van der Waals surface area contributed by atoms with Crippen molar-refractivity contribution in [3.63, 3.8) is 0 Å². The molecule has 5 nitrogen and oxygen atoms in total. The van der Waals surface area contributed by atoms with Crippen LogP contribution < -0.4 is 10.6 Å². The Kier molecular flexibility index (Phi) is 3.85. The van der Waals surface area contributed by atoms with Crippen LogP contribution in [-0.4, -0.2) is 15.5 Å². The predicted octanol–water partition coefficient (Wildman–Crippen LogP) is 3.17. The van der Waals surface area contributed by atoms with E-state index in [0.717, 1.165) is 17.3 Å². The fraction of sp³-hybridized carbons (Fsp3) is 0.286. The van der Waals surface area contributed by atoms with E-state index in [2.05, 4.69) is 29.5 Å². The summed E-state index contributed by atoms with van der Waals surface area (Å²) in [7, 11) is 0. The van der Waals surface area contributed by atoms with Crippen LogP contribution in [0.1, 0.15) is 26.8 Å². The number of benzene rings is 1. The average Bonchev–Trinajstić information content (AvgIpc) is 2.76. The monoisotopic (exact) mass is 258 g/mol. The van der Waals surface area contributed by atoms with Gasteiger partial charge in [0, 0.05) is 36.7 Å². The van der Waals surface area contributed by atoms with Gasteiger partial charge in [0.1, 0.15) is 0 Å². The molecule has 0 aliphatic rings. The standard InChI is InChI=1S/C14H18N4O/c1-10(2)18-8-7-15-14(18)17-13-6-4-5-12(9-13)16-11(3)19/h4-10H,1-3H3,(H,15,17)(H,16,19). The summed E-state index contributed by atoms with van der Waals surface area (Å²) in [6, 6.07) is 7.88. The zero-order valence-electron chi connectivity index (χ0n) is 11.3. The van der Waals surface area contributed by atoms with Crippen molar-refractivity contribution in [2.45, 2.75) is 26.8 Å². The molecule has 1 aromatic carbocycles. The number of amides is 1. The Hall–Kier alpha value is -2.30. The second-order valence-corrected chi connectivity index (χ2v) is 4.64. The molecule has 2 aromatic rings. The van der Waals surface area contributed by atoms with E-state index in [9.17, 15) is 4.79 Å². The molecule has 0 aliphatic carbocycles. The molecule has 0 unspecified atom stereocenters. The Morgan fingerprint density at radius 2 is 2.05 bits per heavy atom. The van der Waals surface area contributed by atoms with E-state index in [0.29, 0.717) is 6.04 Å². The van der Waals surface area contributed by atoms with Crippen molar-refractivity contribution >= 4 is 23.2 Å². The SMILES string of the molecule is CC(=O)Nc1cccc(Nc2nccn2C(C)C)c1. The summed E-state index contributed by atoms with van der Waals surface area (Å²) < 4.78 is 2.05. The molecular formula is C14H18N4O. The first-order valence-corrected chi connectivity index (χ1v) is 6.24. The Balaban J connectivity index is 2.19. The number of carbonyl (C=O) groups is 1. The van der Waals surface area contributed by atoms with Crippen LogP contribution in [0.2, 0.25) is 0 Å². The maximum atomic E-state index is 11.0. The number of aromatic nitrogens is 2. The highest BCUT2D eigenvalue weighted by Gasteiger charge is 2.06. The predicted molar refractivity (Wildman–Crippen MR) is 76.6 cm³/mol. The topological polar surface area (TPSA) is 59.0 Å². The lowest BCUT2D eigenvalue weighted by atomic mass is 10.2. The first-order valence-electron chi connectivity index (χ1n) is 6.24. The van der Waals surface area contributed by atoms with Crippen LogP contribution in [0.3, 0.4) is 0 Å². The number of rotatable bonds is 4. The van der Waals surface area contributed by atoms with E-state index in [4.69, 9.17) is 0 Å². The zero-order chi connectivity index (χ0) is 13.8. The highest BCUT2D eigenvalue weighted by molar-refractivity contribution is 5.89. The summed E-state index contributed by atoms with van der Waals surface area (Å²) in [5, 5.41) is 6.00. The van der Waals surface area contributed by atoms with E-state index in [1.807, 2.05) is 35.0 Å². The van der Waals surface area contributed by atoms with Crippen molar-refractivity contribution in [2.75, 3.05) is 10.6 Å². The fourth-order valence-electron chi connectivity index (χ4n) is 1.83. The van der Waals surface area contributed by atoms with Gasteiger partial charge in [0.2, 0.25) is 11.9 Å². The van der Waals surface area contributed by atoms with E-state index in [-0.39, 0.29) is 5.91 Å². The maximum Gasteiger partial charge on any atom is 0.221 e. The summed E-state index contributed by atoms with van der Waals surface area (Å²) in [6.07, 6.45) is 3.70. The van der Waals surface area contributed by atoms with Crippen molar-refractivity contribution in [2.24, 2.45) is 0 Å². The first-order chi connectivity index (χ1) is 9.06. The van der Waals surface area contributed by atoms with Crippen molar-refractivity contribution < 1.29 is 4.79 Å². The second-order valence-electron chi connectivity index (χ2n) is 4.64. The van der Waals surface area contributed by atoms with Gasteiger partial charge in [-0.1, -0.05) is 6.07 Å². The minimum absolute atomic E-state index is 0.0826. The van der Waals surface area contributed by atoms with Crippen LogP contribution in [0.5, 0.6) is 0 Å². The minimum Gasteiger partial charge on any atom is -0.326 e. The summed E-state index contributed by atoms with van der Waals surface area (Å²) in [5.74, 6) is 0.704. The molecule has 2 rings (SSSR count). The van der Waals surface area contributed by atoms with Gasteiger partial charge in [0.25, 0.3) is 0 Å². The van der Waals surface area contributed by atoms with Gasteiger partial charge in [0.05, 0.1) is 0 Å². The number of nitrogens with zero attached hydrogens (tertiary/aromatic N) is 2. The third-order valence-electron chi connectivity index (χ3n) is 2.66. The summed E-state index contributed by atoms with van der Waals surface area (Å²) in [6.45, 7) is 5.69. The quantitative estimate of drug-likeness (QED) is 0.885. The van der Waals surface area contributed by atoms with E-state index in [1.165, 1.54) is 6.92 Å². The third kappa shape index (κ3) is 3.34. The molecule has 0 atom stereocenters. The molecule has 2 N–H and O–H groups in total. The normalized spacial score (nSPS) is 10.5. The number of carbonyl (C=O) groups excluding carboxylic acids is 1. The molecule has 1 heterocycles. The zero-order valence-corrected chi connectivity index (χ0v) is 11.3. The van der Waals surface area contributed by atoms with Crippen molar-refractivity contribution in [1.82, 2.24) is 9.55 Å². The Bertz CT molecular complexity index is 574. The smallest absolute Gasteiger partial charge is 0.221 e. The Morgan fingerprint density at radius 3 is 2.74 bits per heavy atom. The third-order valence-corrected chi connectivity index (χ3v) is 2.66. The molecule has 0 saturated heterocycles. The van der Waals surface area contributed by atoms with Gasteiger partial charge in [0.15, 0.2) is 0 Å². The van der Waals surface area contributed by atoms with Gasteiger partial charge < -0.3 is 15.2 Å². The molecule has 0 bridgehead atoms. The van der Waals surface area contributed by atoms with E-state index in [1.54, 1.807) is 6.20 Å². The molecule has 0 aliphatic heterocycles. The fourth-order valence-corrected chi connectivity index (χ4v) is 1.83. The largest absolute Gasteiger partial charge is 0.326 e. The van der Waals surface area contributed by atoms with Crippen LogP contribution >= 0.6 is 0 Å². The van der Waals surface area contributed by atoms with Crippen molar-refractivity contribution in [3.8, 4) is 0 Å². The van der Waals surface area contributed by atoms with Gasteiger partial charge in [-0.2, -0.15) is 0 Å². The first kappa shape index (κ1) is 13.1. The Labute approximate surface area is 112 Å². The molecule has 0 fully saturated rings. The maximum absolute atomic E-state index is 11.0. The number of anilines is 3. The molecule has 1 aromatic heterocycles. The van der Waals surface area contributed by atoms with Gasteiger partial charge in [-0.3, -0.25) is 4.79 Å². The lowest BCUT2D eigenvalue weighted by molar-refractivity contribution is -0.114. The number of hydrogen-bond donors (Lipinski definition) is 2. The van der Waals surface area contributed by atoms with Crippen LogP contribution in [0.25, 0.3) is 0 Å². The molecule has 0 saturated carbocycles. The second kappa shape index (κ2) is 5.56. The summed E-state index contributed by atoms with van der Waals surface area (Å²) in [4.78, 5) is 15.3. The molecule has 1 amide bonds. The van der Waals surface area contributed by atoms with E-state index >= 15 is 0 Å². The molecule has 19 heavy (non-hydrogen) atoms. The molecule has 0 spiro atoms. The van der Waals surface area contributed by atoms with Crippen LogP contribution in [-0.2, 0) is 4.79 Å². The van der Waals surface area contributed by atoms with Crippen molar-refractivity contribution in [1.29, 1.82) is 0 Å². The van der Waals surface area contributed by atoms with Gasteiger partial charge in [-0.25, -0.2) is 4.98 Å². The highest BCUT2D eigenvalue weighted by atomic mass is 16.1. The molecule has 100 valence electrons. The molecular weight excluding hydrogens is 240 g/mol. The minimum atomic E-state index is -0.0826. The number of nitrogens with one attached hydrogen (secondary N) is 2. The lowest BCUT2D eigenvalue weighted by Gasteiger charge is -2.13.